The molecule has 1 N–H and O–H groups in total. The summed E-state index contributed by atoms with van der Waals surface area (Å²) >= 11 is 0. The minimum atomic E-state index is -0.232. The molecule has 1 aliphatic rings. The van der Waals surface area contributed by atoms with Gasteiger partial charge in [-0.15, -0.1) is 0 Å². The highest BCUT2D eigenvalue weighted by Gasteiger charge is 2.24. The largest absolute Gasteiger partial charge is 0.344 e. The van der Waals surface area contributed by atoms with Gasteiger partial charge < -0.3 is 5.32 Å². The van der Waals surface area contributed by atoms with Gasteiger partial charge in [0.05, 0.1) is 12.2 Å². The smallest absolute Gasteiger partial charge is 0.271 e. The topological polar surface area (TPSA) is 93.6 Å². The number of hydrogen-bond donors (Lipinski definition) is 1. The molecule has 124 valence electrons. The van der Waals surface area contributed by atoms with E-state index in [1.807, 2.05) is 18.3 Å². The van der Waals surface area contributed by atoms with Crippen LogP contribution in [0.5, 0.6) is 0 Å². The van der Waals surface area contributed by atoms with Gasteiger partial charge in [-0.2, -0.15) is 0 Å². The molecule has 3 heterocycles. The molecule has 0 spiro atoms. The van der Waals surface area contributed by atoms with E-state index in [-0.39, 0.29) is 11.9 Å². The summed E-state index contributed by atoms with van der Waals surface area (Å²) in [4.78, 5) is 33.5. The Labute approximate surface area is 144 Å². The zero-order valence-electron chi connectivity index (χ0n) is 13.5. The lowest BCUT2D eigenvalue weighted by atomic mass is 9.92. The molecule has 0 aromatic carbocycles. The highest BCUT2D eigenvalue weighted by Crippen LogP contribution is 2.29. The summed E-state index contributed by atoms with van der Waals surface area (Å²) in [7, 11) is 0. The molecule has 0 aliphatic heterocycles. The number of nitrogens with zero attached hydrogens (tertiary/aromatic N) is 5. The number of hydrogen-bond acceptors (Lipinski definition) is 6. The van der Waals surface area contributed by atoms with Crippen molar-refractivity contribution in [2.24, 2.45) is 0 Å². The molecule has 3 aromatic rings. The highest BCUT2D eigenvalue weighted by molar-refractivity contribution is 5.92. The fraction of sp³-hybridized carbons (Fsp3) is 0.222. The standard InChI is InChI=1S/C18H16N6O/c25-18(16-11-20-8-9-21-16)24-15-3-1-2-14-13(15)10-22-17(23-14)12-4-6-19-7-5-12/h4-11,15H,1-3H2,(H,24,25)/t15-/m1/s1. The van der Waals surface area contributed by atoms with Crippen molar-refractivity contribution in [3.05, 3.63) is 66.3 Å². The van der Waals surface area contributed by atoms with Gasteiger partial charge in [0, 0.05) is 47.8 Å². The van der Waals surface area contributed by atoms with E-state index in [0.717, 1.165) is 36.1 Å². The zero-order chi connectivity index (χ0) is 17.1. The van der Waals surface area contributed by atoms with Crippen LogP contribution in [0.3, 0.4) is 0 Å². The number of pyridine rings is 1. The van der Waals surface area contributed by atoms with Gasteiger partial charge in [-0.3, -0.25) is 14.8 Å². The third kappa shape index (κ3) is 3.21. The molecular formula is C18H16N6O. The minimum absolute atomic E-state index is 0.107. The van der Waals surface area contributed by atoms with Crippen LogP contribution in [0, 0.1) is 0 Å². The Morgan fingerprint density at radius 1 is 1.04 bits per heavy atom. The average Bonchev–Trinajstić information content (AvgIpc) is 2.69. The summed E-state index contributed by atoms with van der Waals surface area (Å²) in [5.41, 5.74) is 3.20. The molecule has 0 saturated heterocycles. The minimum Gasteiger partial charge on any atom is -0.344 e. The van der Waals surface area contributed by atoms with Crippen LogP contribution in [-0.2, 0) is 6.42 Å². The quantitative estimate of drug-likeness (QED) is 0.790. The van der Waals surface area contributed by atoms with Crippen LogP contribution < -0.4 is 5.32 Å². The number of aryl methyl sites for hydroxylation is 1. The van der Waals surface area contributed by atoms with Crippen LogP contribution in [0.15, 0.2) is 49.3 Å². The Morgan fingerprint density at radius 2 is 1.92 bits per heavy atom. The van der Waals surface area contributed by atoms with Crippen molar-refractivity contribution in [1.29, 1.82) is 0 Å². The lowest BCUT2D eigenvalue weighted by Crippen LogP contribution is -2.32. The highest BCUT2D eigenvalue weighted by atomic mass is 16.1. The van der Waals surface area contributed by atoms with Crippen molar-refractivity contribution in [2.75, 3.05) is 0 Å². The van der Waals surface area contributed by atoms with Crippen LogP contribution in [0.4, 0.5) is 0 Å². The molecule has 0 bridgehead atoms. The monoisotopic (exact) mass is 332 g/mol. The predicted molar refractivity (Wildman–Crippen MR) is 90.4 cm³/mol. The second-order valence-corrected chi connectivity index (χ2v) is 5.84. The summed E-state index contributed by atoms with van der Waals surface area (Å²) in [6.45, 7) is 0. The van der Waals surface area contributed by atoms with Gasteiger partial charge in [0.25, 0.3) is 5.91 Å². The number of rotatable bonds is 3. The molecule has 0 saturated carbocycles. The van der Waals surface area contributed by atoms with E-state index in [0.29, 0.717) is 11.5 Å². The summed E-state index contributed by atoms with van der Waals surface area (Å²) < 4.78 is 0. The van der Waals surface area contributed by atoms with E-state index < -0.39 is 0 Å². The maximum Gasteiger partial charge on any atom is 0.271 e. The van der Waals surface area contributed by atoms with E-state index in [2.05, 4.69) is 25.3 Å². The first-order valence-corrected chi connectivity index (χ1v) is 8.14. The number of amides is 1. The normalized spacial score (nSPS) is 16.1. The van der Waals surface area contributed by atoms with Crippen LogP contribution in [0.1, 0.15) is 40.6 Å². The van der Waals surface area contributed by atoms with E-state index in [9.17, 15) is 4.79 Å². The summed E-state index contributed by atoms with van der Waals surface area (Å²) in [5.74, 6) is 0.450. The van der Waals surface area contributed by atoms with E-state index in [1.165, 1.54) is 12.4 Å². The Balaban J connectivity index is 1.59. The maximum atomic E-state index is 12.3. The molecule has 1 aliphatic carbocycles. The van der Waals surface area contributed by atoms with Crippen LogP contribution in [-0.4, -0.2) is 30.8 Å². The number of carbonyl (C=O) groups excluding carboxylic acids is 1. The lowest BCUT2D eigenvalue weighted by Gasteiger charge is -2.25. The molecule has 7 nitrogen and oxygen atoms in total. The summed E-state index contributed by atoms with van der Waals surface area (Å²) in [6, 6.07) is 3.67. The van der Waals surface area contributed by atoms with Crippen molar-refractivity contribution in [3.63, 3.8) is 0 Å². The molecule has 25 heavy (non-hydrogen) atoms. The maximum absolute atomic E-state index is 12.3. The van der Waals surface area contributed by atoms with Crippen molar-refractivity contribution < 1.29 is 4.79 Å². The molecule has 7 heteroatoms. The SMILES string of the molecule is O=C(N[C@@H]1CCCc2nc(-c3ccncc3)ncc21)c1cnccn1. The Bertz CT molecular complexity index is 885. The molecule has 3 aromatic heterocycles. The van der Waals surface area contributed by atoms with Crippen LogP contribution in [0.2, 0.25) is 0 Å². The molecule has 1 amide bonds. The second kappa shape index (κ2) is 6.72. The first-order chi connectivity index (χ1) is 12.3. The summed E-state index contributed by atoms with van der Waals surface area (Å²) in [5, 5.41) is 3.02. The van der Waals surface area contributed by atoms with Gasteiger partial charge in [-0.1, -0.05) is 0 Å². The van der Waals surface area contributed by atoms with Crippen LogP contribution in [0.25, 0.3) is 11.4 Å². The third-order valence-corrected chi connectivity index (χ3v) is 4.22. The molecule has 1 atom stereocenters. The van der Waals surface area contributed by atoms with Gasteiger partial charge in [0.2, 0.25) is 0 Å². The van der Waals surface area contributed by atoms with Gasteiger partial charge >= 0.3 is 0 Å². The second-order valence-electron chi connectivity index (χ2n) is 5.84. The molecule has 0 fully saturated rings. The van der Waals surface area contributed by atoms with Gasteiger partial charge in [0.1, 0.15) is 5.69 Å². The van der Waals surface area contributed by atoms with Gasteiger partial charge in [0.15, 0.2) is 5.82 Å². The Morgan fingerprint density at radius 3 is 2.72 bits per heavy atom. The fourth-order valence-electron chi connectivity index (χ4n) is 2.99. The van der Waals surface area contributed by atoms with Crippen LogP contribution >= 0.6 is 0 Å². The van der Waals surface area contributed by atoms with Crippen molar-refractivity contribution >= 4 is 5.91 Å². The Kier molecular flexibility index (Phi) is 4.12. The van der Waals surface area contributed by atoms with Crippen molar-refractivity contribution in [2.45, 2.75) is 25.3 Å². The summed E-state index contributed by atoms with van der Waals surface area (Å²) in [6.07, 6.45) is 12.5. The molecule has 4 rings (SSSR count). The predicted octanol–water partition coefficient (Wildman–Crippen LogP) is 2.14. The lowest BCUT2D eigenvalue weighted by molar-refractivity contribution is 0.0927. The molecule has 0 unspecified atom stereocenters. The van der Waals surface area contributed by atoms with Gasteiger partial charge in [-0.25, -0.2) is 15.0 Å². The van der Waals surface area contributed by atoms with E-state index in [1.54, 1.807) is 18.6 Å². The Hall–Kier alpha value is -3.22. The fourth-order valence-corrected chi connectivity index (χ4v) is 2.99. The van der Waals surface area contributed by atoms with Gasteiger partial charge in [-0.05, 0) is 31.4 Å². The first-order valence-electron chi connectivity index (χ1n) is 8.14. The van der Waals surface area contributed by atoms with Crippen molar-refractivity contribution in [3.8, 4) is 11.4 Å². The molecule has 0 radical (unpaired) electrons. The van der Waals surface area contributed by atoms with E-state index in [4.69, 9.17) is 4.98 Å². The third-order valence-electron chi connectivity index (χ3n) is 4.22. The number of fused-ring (bicyclic) bond motifs is 1. The average molecular weight is 332 g/mol. The zero-order valence-corrected chi connectivity index (χ0v) is 13.5. The van der Waals surface area contributed by atoms with E-state index >= 15 is 0 Å². The molecular weight excluding hydrogens is 316 g/mol. The number of carbonyl (C=O) groups is 1. The number of aromatic nitrogens is 5. The van der Waals surface area contributed by atoms with Crippen molar-refractivity contribution in [1.82, 2.24) is 30.2 Å². The number of nitrogens with one attached hydrogen (secondary N) is 1. The first kappa shape index (κ1) is 15.3.